The van der Waals surface area contributed by atoms with Crippen LogP contribution in [0.5, 0.6) is 0 Å². The Morgan fingerprint density at radius 1 is 1.25 bits per heavy atom. The molecule has 2 aromatic carbocycles. The molecule has 118 valence electrons. The van der Waals surface area contributed by atoms with Crippen molar-refractivity contribution >= 4 is 22.3 Å². The van der Waals surface area contributed by atoms with Gasteiger partial charge in [0.2, 0.25) is 5.71 Å². The van der Waals surface area contributed by atoms with Crippen molar-refractivity contribution in [3.63, 3.8) is 0 Å². The molecule has 0 amide bonds. The van der Waals surface area contributed by atoms with Gasteiger partial charge in [0.25, 0.3) is 5.56 Å². The zero-order valence-electron chi connectivity index (χ0n) is 13.3. The summed E-state index contributed by atoms with van der Waals surface area (Å²) in [6.45, 7) is 3.92. The molecular weight excluding hydrogens is 302 g/mol. The number of nitriles is 1. The second kappa shape index (κ2) is 6.34. The molecule has 2 N–H and O–H groups in total. The van der Waals surface area contributed by atoms with Crippen LogP contribution in [0.2, 0.25) is 0 Å². The second-order valence-electron chi connectivity index (χ2n) is 5.43. The highest BCUT2D eigenvalue weighted by Gasteiger charge is 2.09. The van der Waals surface area contributed by atoms with Gasteiger partial charge in [0.05, 0.1) is 16.6 Å². The van der Waals surface area contributed by atoms with Crippen molar-refractivity contribution in [1.29, 1.82) is 5.26 Å². The van der Waals surface area contributed by atoms with Gasteiger partial charge in [-0.25, -0.2) is 4.98 Å². The number of nitrogens with one attached hydrogen (secondary N) is 2. The predicted octanol–water partition coefficient (Wildman–Crippen LogP) is 2.88. The first-order valence-electron chi connectivity index (χ1n) is 7.39. The molecule has 3 aromatic rings. The molecule has 0 bridgehead atoms. The number of hydrazone groups is 1. The molecule has 1 heterocycles. The smallest absolute Gasteiger partial charge is 0.259 e. The number of H-pyrrole nitrogens is 1. The Hall–Kier alpha value is -3.46. The first-order valence-corrected chi connectivity index (χ1v) is 7.39. The van der Waals surface area contributed by atoms with E-state index in [0.717, 1.165) is 16.8 Å². The Morgan fingerprint density at radius 3 is 2.83 bits per heavy atom. The topological polar surface area (TPSA) is 93.9 Å². The first-order chi connectivity index (χ1) is 11.6. The normalized spacial score (nSPS) is 11.3. The number of aryl methyl sites for hydroxylation is 2. The zero-order chi connectivity index (χ0) is 17.1. The summed E-state index contributed by atoms with van der Waals surface area (Å²) in [6, 6.07) is 14.8. The number of aromatic amines is 1. The van der Waals surface area contributed by atoms with Gasteiger partial charge >= 0.3 is 0 Å². The minimum atomic E-state index is -0.301. The van der Waals surface area contributed by atoms with E-state index in [1.165, 1.54) is 0 Å². The number of rotatable bonds is 3. The van der Waals surface area contributed by atoms with E-state index < -0.39 is 0 Å². The zero-order valence-corrected chi connectivity index (χ0v) is 13.3. The summed E-state index contributed by atoms with van der Waals surface area (Å²) in [7, 11) is 0. The molecular formula is C18H15N5O. The van der Waals surface area contributed by atoms with Crippen LogP contribution in [0.25, 0.3) is 10.9 Å². The van der Waals surface area contributed by atoms with E-state index in [9.17, 15) is 10.1 Å². The van der Waals surface area contributed by atoms with Crippen LogP contribution in [0.3, 0.4) is 0 Å². The molecule has 6 heteroatoms. The van der Waals surface area contributed by atoms with E-state index in [1.54, 1.807) is 24.3 Å². The third-order valence-electron chi connectivity index (χ3n) is 3.62. The van der Waals surface area contributed by atoms with E-state index >= 15 is 0 Å². The van der Waals surface area contributed by atoms with E-state index in [1.807, 2.05) is 38.1 Å². The number of anilines is 1. The highest BCUT2D eigenvalue weighted by Crippen LogP contribution is 2.16. The fourth-order valence-corrected chi connectivity index (χ4v) is 2.30. The Balaban J connectivity index is 2.01. The molecule has 0 aliphatic heterocycles. The number of hydrogen-bond acceptors (Lipinski definition) is 5. The summed E-state index contributed by atoms with van der Waals surface area (Å²) in [5.41, 5.74) is 5.98. The number of benzene rings is 2. The first kappa shape index (κ1) is 15.4. The Morgan fingerprint density at radius 2 is 2.04 bits per heavy atom. The fraction of sp³-hybridized carbons (Fsp3) is 0.111. The van der Waals surface area contributed by atoms with Crippen LogP contribution in [-0.4, -0.2) is 15.7 Å². The lowest BCUT2D eigenvalue weighted by atomic mass is 10.1. The second-order valence-corrected chi connectivity index (χ2v) is 5.43. The molecule has 0 aliphatic rings. The van der Waals surface area contributed by atoms with Crippen LogP contribution >= 0.6 is 0 Å². The van der Waals surface area contributed by atoms with Crippen molar-refractivity contribution in [2.45, 2.75) is 13.8 Å². The monoisotopic (exact) mass is 317 g/mol. The van der Waals surface area contributed by atoms with Crippen molar-refractivity contribution in [2.75, 3.05) is 5.43 Å². The maximum absolute atomic E-state index is 12.1. The maximum Gasteiger partial charge on any atom is 0.259 e. The van der Waals surface area contributed by atoms with Gasteiger partial charge in [-0.1, -0.05) is 24.3 Å². The lowest BCUT2D eigenvalue weighted by molar-refractivity contribution is 1.13. The molecule has 24 heavy (non-hydrogen) atoms. The standard InChI is InChI=1S/C18H15N5O/c1-11-7-8-12(2)15(9-11)22-23-16(10-19)17-20-14-6-4-3-5-13(14)18(24)21-17/h3-9,22H,1-2H3,(H,20,21,24). The van der Waals surface area contributed by atoms with Crippen molar-refractivity contribution in [2.24, 2.45) is 5.10 Å². The van der Waals surface area contributed by atoms with Gasteiger partial charge in [-0.15, -0.1) is 0 Å². The van der Waals surface area contributed by atoms with Gasteiger partial charge in [0, 0.05) is 0 Å². The number of aromatic nitrogens is 2. The third-order valence-corrected chi connectivity index (χ3v) is 3.62. The highest BCUT2D eigenvalue weighted by molar-refractivity contribution is 6.10. The molecule has 0 spiro atoms. The Bertz CT molecular complexity index is 1040. The number of para-hydroxylation sites is 1. The summed E-state index contributed by atoms with van der Waals surface area (Å²) in [5.74, 6) is 0.138. The maximum atomic E-state index is 12.1. The molecule has 1 aromatic heterocycles. The summed E-state index contributed by atoms with van der Waals surface area (Å²) in [5, 5.41) is 13.9. The largest absolute Gasteiger partial charge is 0.304 e. The molecule has 0 unspecified atom stereocenters. The lowest BCUT2D eigenvalue weighted by Gasteiger charge is -2.07. The van der Waals surface area contributed by atoms with E-state index in [2.05, 4.69) is 20.5 Å². The van der Waals surface area contributed by atoms with Crippen molar-refractivity contribution in [3.05, 3.63) is 69.8 Å². The van der Waals surface area contributed by atoms with Gasteiger partial charge in [0.1, 0.15) is 6.07 Å². The van der Waals surface area contributed by atoms with Crippen LogP contribution in [-0.2, 0) is 0 Å². The van der Waals surface area contributed by atoms with Crippen LogP contribution in [0.15, 0.2) is 52.4 Å². The highest BCUT2D eigenvalue weighted by atomic mass is 16.1. The molecule has 6 nitrogen and oxygen atoms in total. The van der Waals surface area contributed by atoms with E-state index in [4.69, 9.17) is 0 Å². The summed E-state index contributed by atoms with van der Waals surface area (Å²) >= 11 is 0. The molecule has 0 saturated carbocycles. The molecule has 0 fully saturated rings. The average molecular weight is 317 g/mol. The van der Waals surface area contributed by atoms with Crippen LogP contribution in [0, 0.1) is 25.2 Å². The van der Waals surface area contributed by atoms with Crippen LogP contribution < -0.4 is 11.0 Å². The molecule has 0 radical (unpaired) electrons. The molecule has 0 aliphatic carbocycles. The summed E-state index contributed by atoms with van der Waals surface area (Å²) < 4.78 is 0. The average Bonchev–Trinajstić information content (AvgIpc) is 2.58. The number of hydrogen-bond donors (Lipinski definition) is 2. The fourth-order valence-electron chi connectivity index (χ4n) is 2.30. The van der Waals surface area contributed by atoms with Crippen molar-refractivity contribution in [3.8, 4) is 6.07 Å². The van der Waals surface area contributed by atoms with Crippen molar-refractivity contribution < 1.29 is 0 Å². The minimum absolute atomic E-state index is 0.0127. The molecule has 3 rings (SSSR count). The Kier molecular flexibility index (Phi) is 4.08. The lowest BCUT2D eigenvalue weighted by Crippen LogP contribution is -2.16. The predicted molar refractivity (Wildman–Crippen MR) is 94.1 cm³/mol. The quantitative estimate of drug-likeness (QED) is 0.573. The molecule has 0 atom stereocenters. The van der Waals surface area contributed by atoms with Gasteiger partial charge < -0.3 is 4.98 Å². The van der Waals surface area contributed by atoms with Crippen molar-refractivity contribution in [1.82, 2.24) is 9.97 Å². The van der Waals surface area contributed by atoms with Gasteiger partial charge in [-0.05, 0) is 43.2 Å². The van der Waals surface area contributed by atoms with Crippen LogP contribution in [0.4, 0.5) is 5.69 Å². The SMILES string of the molecule is Cc1ccc(C)c(NN=C(C#N)c2nc3ccccc3c(=O)[nH]2)c1. The van der Waals surface area contributed by atoms with E-state index in [-0.39, 0.29) is 17.1 Å². The third kappa shape index (κ3) is 3.01. The Labute approximate surface area is 138 Å². The van der Waals surface area contributed by atoms with Gasteiger partial charge in [0.15, 0.2) is 5.82 Å². The number of fused-ring (bicyclic) bond motifs is 1. The van der Waals surface area contributed by atoms with Gasteiger partial charge in [-0.2, -0.15) is 10.4 Å². The molecule has 0 saturated heterocycles. The van der Waals surface area contributed by atoms with E-state index in [0.29, 0.717) is 10.9 Å². The number of nitrogens with zero attached hydrogens (tertiary/aromatic N) is 3. The minimum Gasteiger partial charge on any atom is -0.304 e. The summed E-state index contributed by atoms with van der Waals surface area (Å²) in [6.07, 6.45) is 0. The van der Waals surface area contributed by atoms with Gasteiger partial charge in [-0.3, -0.25) is 10.2 Å². The summed E-state index contributed by atoms with van der Waals surface area (Å²) in [4.78, 5) is 19.0. The van der Waals surface area contributed by atoms with Crippen LogP contribution in [0.1, 0.15) is 17.0 Å².